The van der Waals surface area contributed by atoms with E-state index in [0.717, 1.165) is 23.2 Å². The van der Waals surface area contributed by atoms with Crippen molar-refractivity contribution in [1.29, 1.82) is 0 Å². The van der Waals surface area contributed by atoms with Crippen molar-refractivity contribution < 1.29 is 19.5 Å². The summed E-state index contributed by atoms with van der Waals surface area (Å²) in [7, 11) is 0. The molecule has 7 atom stereocenters. The molecule has 3 N–H and O–H groups in total. The van der Waals surface area contributed by atoms with Gasteiger partial charge in [-0.1, -0.05) is 57.2 Å². The van der Waals surface area contributed by atoms with E-state index < -0.39 is 28.7 Å². The van der Waals surface area contributed by atoms with Crippen molar-refractivity contribution in [2.45, 2.75) is 69.5 Å². The first-order chi connectivity index (χ1) is 18.6. The lowest BCUT2D eigenvalue weighted by Crippen LogP contribution is -2.57. The molecule has 208 valence electrons. The molecule has 7 nitrogen and oxygen atoms in total. The summed E-state index contributed by atoms with van der Waals surface area (Å²) in [5.74, 6) is -1.51. The van der Waals surface area contributed by atoms with Crippen molar-refractivity contribution in [2.75, 3.05) is 17.2 Å². The van der Waals surface area contributed by atoms with Crippen LogP contribution in [0.2, 0.25) is 0 Å². The summed E-state index contributed by atoms with van der Waals surface area (Å²) in [6, 6.07) is 13.9. The Bertz CT molecular complexity index is 1250. The topological polar surface area (TPSA) is 98.7 Å². The lowest BCUT2D eigenvalue weighted by Gasteiger charge is -2.40. The summed E-state index contributed by atoms with van der Waals surface area (Å²) in [4.78, 5) is 44.1. The van der Waals surface area contributed by atoms with Gasteiger partial charge in [-0.3, -0.25) is 14.4 Å². The highest BCUT2D eigenvalue weighted by molar-refractivity contribution is 8.02. The normalized spacial score (nSPS) is 30.0. The Kier molecular flexibility index (Phi) is 7.55. The van der Waals surface area contributed by atoms with Crippen LogP contribution >= 0.6 is 11.8 Å². The second kappa shape index (κ2) is 10.6. The lowest BCUT2D eigenvalue weighted by atomic mass is 9.65. The van der Waals surface area contributed by atoms with E-state index in [9.17, 15) is 19.5 Å². The van der Waals surface area contributed by atoms with Gasteiger partial charge in [-0.15, -0.1) is 11.8 Å². The van der Waals surface area contributed by atoms with Gasteiger partial charge in [0.1, 0.15) is 6.04 Å². The molecule has 39 heavy (non-hydrogen) atoms. The van der Waals surface area contributed by atoms with Crippen LogP contribution in [0.15, 0.2) is 48.5 Å². The number of fused-ring (bicyclic) bond motifs is 1. The number of amides is 3. The highest BCUT2D eigenvalue weighted by Crippen LogP contribution is 2.69. The first-order valence-electron chi connectivity index (χ1n) is 13.9. The number of rotatable bonds is 8. The number of nitrogens with zero attached hydrogens (tertiary/aromatic N) is 1. The smallest absolute Gasteiger partial charge is 0.248 e. The van der Waals surface area contributed by atoms with Crippen LogP contribution < -0.4 is 10.6 Å². The first kappa shape index (κ1) is 27.7. The second-order valence-corrected chi connectivity index (χ2v) is 13.4. The van der Waals surface area contributed by atoms with Crippen molar-refractivity contribution in [3.63, 3.8) is 0 Å². The SMILES string of the molecule is Cc1cccc(C)c1NC(=O)C1N([C@@H](CO)CC(C)C)C(=O)[C@@H]2[C@H](C(=O)Nc3ccccc3)[C@@H]3CC(C)C12S3. The summed E-state index contributed by atoms with van der Waals surface area (Å²) in [6.45, 7) is 9.89. The molecular formula is C31H39N3O4S. The number of hydrogen-bond donors (Lipinski definition) is 3. The Morgan fingerprint density at radius 1 is 1.05 bits per heavy atom. The van der Waals surface area contributed by atoms with Gasteiger partial charge in [-0.05, 0) is 61.8 Å². The number of thioether (sulfide) groups is 1. The minimum absolute atomic E-state index is 0.0482. The summed E-state index contributed by atoms with van der Waals surface area (Å²) >= 11 is 1.65. The van der Waals surface area contributed by atoms with Crippen molar-refractivity contribution in [2.24, 2.45) is 23.7 Å². The number of anilines is 2. The van der Waals surface area contributed by atoms with Crippen molar-refractivity contribution in [3.8, 4) is 0 Å². The van der Waals surface area contributed by atoms with Crippen LogP contribution in [0, 0.1) is 37.5 Å². The number of para-hydroxylation sites is 2. The maximum absolute atomic E-state index is 14.4. The molecule has 3 amide bonds. The molecule has 3 heterocycles. The van der Waals surface area contributed by atoms with Crippen LogP contribution in [-0.2, 0) is 14.4 Å². The number of aliphatic hydroxyl groups is 1. The van der Waals surface area contributed by atoms with E-state index in [1.54, 1.807) is 16.7 Å². The van der Waals surface area contributed by atoms with E-state index in [1.165, 1.54) is 0 Å². The minimum Gasteiger partial charge on any atom is -0.394 e. The van der Waals surface area contributed by atoms with Gasteiger partial charge in [-0.25, -0.2) is 0 Å². The Labute approximate surface area is 235 Å². The molecule has 5 rings (SSSR count). The molecule has 0 aliphatic carbocycles. The largest absolute Gasteiger partial charge is 0.394 e. The van der Waals surface area contributed by atoms with Gasteiger partial charge in [-0.2, -0.15) is 0 Å². The molecular weight excluding hydrogens is 510 g/mol. The number of carbonyl (C=O) groups excluding carboxylic acids is 3. The third kappa shape index (κ3) is 4.55. The van der Waals surface area contributed by atoms with Gasteiger partial charge < -0.3 is 20.6 Å². The number of benzene rings is 2. The van der Waals surface area contributed by atoms with Gasteiger partial charge in [0.15, 0.2) is 0 Å². The monoisotopic (exact) mass is 549 g/mol. The molecule has 0 aromatic heterocycles. The third-order valence-electron chi connectivity index (χ3n) is 8.85. The van der Waals surface area contributed by atoms with E-state index in [-0.39, 0.29) is 41.4 Å². The van der Waals surface area contributed by atoms with Crippen LogP contribution in [0.25, 0.3) is 0 Å². The summed E-state index contributed by atoms with van der Waals surface area (Å²) in [5, 5.41) is 16.6. The lowest BCUT2D eigenvalue weighted by molar-refractivity contribution is -0.141. The molecule has 0 radical (unpaired) electrons. The van der Waals surface area contributed by atoms with Crippen LogP contribution in [0.4, 0.5) is 11.4 Å². The Morgan fingerprint density at radius 3 is 2.33 bits per heavy atom. The van der Waals surface area contributed by atoms with Gasteiger partial charge in [0.25, 0.3) is 0 Å². The molecule has 3 aliphatic rings. The molecule has 1 spiro atoms. The highest BCUT2D eigenvalue weighted by Gasteiger charge is 2.76. The van der Waals surface area contributed by atoms with E-state index in [1.807, 2.05) is 76.2 Å². The molecule has 8 heteroatoms. The third-order valence-corrected chi connectivity index (χ3v) is 10.9. The van der Waals surface area contributed by atoms with Crippen LogP contribution in [-0.4, -0.2) is 56.4 Å². The maximum Gasteiger partial charge on any atom is 0.248 e. The highest BCUT2D eigenvalue weighted by atomic mass is 32.2. The molecule has 3 unspecified atom stereocenters. The Morgan fingerprint density at radius 2 is 1.72 bits per heavy atom. The van der Waals surface area contributed by atoms with E-state index >= 15 is 0 Å². The van der Waals surface area contributed by atoms with E-state index in [2.05, 4.69) is 17.6 Å². The van der Waals surface area contributed by atoms with Crippen LogP contribution in [0.5, 0.6) is 0 Å². The van der Waals surface area contributed by atoms with E-state index in [4.69, 9.17) is 0 Å². The fraction of sp³-hybridized carbons (Fsp3) is 0.516. The first-order valence-corrected chi connectivity index (χ1v) is 14.8. The average molecular weight is 550 g/mol. The number of carbonyl (C=O) groups is 3. The zero-order valence-corrected chi connectivity index (χ0v) is 24.1. The number of likely N-dealkylation sites (tertiary alicyclic amines) is 1. The quantitative estimate of drug-likeness (QED) is 0.446. The van der Waals surface area contributed by atoms with Crippen molar-refractivity contribution in [3.05, 3.63) is 59.7 Å². The predicted molar refractivity (Wildman–Crippen MR) is 155 cm³/mol. The Hall–Kier alpha value is -2.84. The molecule has 2 aromatic carbocycles. The van der Waals surface area contributed by atoms with Crippen molar-refractivity contribution in [1.82, 2.24) is 4.90 Å². The fourth-order valence-electron chi connectivity index (χ4n) is 7.22. The van der Waals surface area contributed by atoms with Gasteiger partial charge in [0.05, 0.1) is 29.2 Å². The molecule has 3 fully saturated rings. The maximum atomic E-state index is 14.4. The summed E-state index contributed by atoms with van der Waals surface area (Å²) in [6.07, 6.45) is 1.33. The molecule has 2 aromatic rings. The molecule has 3 aliphatic heterocycles. The number of aryl methyl sites for hydroxylation is 2. The standard InChI is InChI=1S/C31H39N3O4S/c1-17(2)14-22(16-35)34-27(29(37)33-26-18(3)10-9-11-19(26)4)31-20(5)15-23(39-31)24(25(31)30(34)38)28(36)32-21-12-7-6-8-13-21/h6-13,17,20,22-25,27,35H,14-16H2,1-5H3,(H,32,36)(H,33,37)/t20?,22-,23+,24-,25+,27?,31?/m1/s1. The molecule has 3 saturated heterocycles. The molecule has 0 saturated carbocycles. The van der Waals surface area contributed by atoms with Gasteiger partial charge in [0, 0.05) is 16.6 Å². The average Bonchev–Trinajstić information content (AvgIpc) is 3.49. The summed E-state index contributed by atoms with van der Waals surface area (Å²) < 4.78 is -0.745. The van der Waals surface area contributed by atoms with E-state index in [0.29, 0.717) is 12.1 Å². The molecule has 2 bridgehead atoms. The van der Waals surface area contributed by atoms with Crippen LogP contribution in [0.3, 0.4) is 0 Å². The van der Waals surface area contributed by atoms with Crippen LogP contribution in [0.1, 0.15) is 44.7 Å². The van der Waals surface area contributed by atoms with Gasteiger partial charge >= 0.3 is 0 Å². The minimum atomic E-state index is -0.788. The zero-order valence-electron chi connectivity index (χ0n) is 23.3. The number of aliphatic hydroxyl groups excluding tert-OH is 1. The number of nitrogens with one attached hydrogen (secondary N) is 2. The van der Waals surface area contributed by atoms with Gasteiger partial charge in [0.2, 0.25) is 17.7 Å². The Balaban J connectivity index is 1.56. The zero-order chi connectivity index (χ0) is 28.1. The second-order valence-electron chi connectivity index (χ2n) is 11.9. The van der Waals surface area contributed by atoms with Crippen molar-refractivity contribution >= 4 is 40.9 Å². The number of hydrogen-bond acceptors (Lipinski definition) is 5. The predicted octanol–water partition coefficient (Wildman–Crippen LogP) is 4.62. The fourth-order valence-corrected chi connectivity index (χ4v) is 9.63. The summed E-state index contributed by atoms with van der Waals surface area (Å²) in [5.41, 5.74) is 3.34.